The maximum atomic E-state index is 12.6. The molecule has 24 heavy (non-hydrogen) atoms. The Morgan fingerprint density at radius 2 is 1.88 bits per heavy atom. The zero-order chi connectivity index (χ0) is 16.5. The Morgan fingerprint density at radius 1 is 1.08 bits per heavy atom. The molecule has 4 rings (SSSR count). The number of hydrogen-bond donors (Lipinski definition) is 1. The van der Waals surface area contributed by atoms with Crippen LogP contribution in [0.5, 0.6) is 11.5 Å². The van der Waals surface area contributed by atoms with Gasteiger partial charge in [-0.3, -0.25) is 4.57 Å². The topological polar surface area (TPSA) is 73.4 Å². The van der Waals surface area contributed by atoms with Gasteiger partial charge in [-0.15, -0.1) is 0 Å². The second kappa shape index (κ2) is 5.88. The number of fused-ring (bicyclic) bond motifs is 1. The number of nitrogen functional groups attached to an aromatic ring is 1. The second-order valence-corrected chi connectivity index (χ2v) is 5.90. The highest BCUT2D eigenvalue weighted by atomic mass is 16.5. The lowest BCUT2D eigenvalue weighted by Gasteiger charge is -2.16. The van der Waals surface area contributed by atoms with E-state index in [0.29, 0.717) is 17.3 Å². The number of anilines is 1. The molecule has 1 amide bonds. The molecule has 2 N–H and O–H groups in total. The summed E-state index contributed by atoms with van der Waals surface area (Å²) in [7, 11) is 0. The standard InChI is InChI=1S/C18H18N4O2/c19-17-12-15(5-7-20-17)24-14-3-4-16-13(11-14)6-10-22(16)18(23)21-8-1-2-9-21/h3-7,10-12H,1-2,8-9H2,(H2,19,20). The van der Waals surface area contributed by atoms with Gasteiger partial charge in [-0.2, -0.15) is 0 Å². The molecule has 0 aliphatic carbocycles. The Balaban J connectivity index is 1.61. The molecule has 1 aromatic carbocycles. The number of amides is 1. The van der Waals surface area contributed by atoms with Gasteiger partial charge in [0.05, 0.1) is 5.52 Å². The van der Waals surface area contributed by atoms with Crippen LogP contribution in [0.4, 0.5) is 10.6 Å². The van der Waals surface area contributed by atoms with Crippen molar-refractivity contribution in [3.63, 3.8) is 0 Å². The summed E-state index contributed by atoms with van der Waals surface area (Å²) in [6, 6.07) is 11.1. The molecule has 1 saturated heterocycles. The Hall–Kier alpha value is -3.02. The first-order valence-corrected chi connectivity index (χ1v) is 8.00. The van der Waals surface area contributed by atoms with Crippen molar-refractivity contribution in [1.29, 1.82) is 0 Å². The largest absolute Gasteiger partial charge is 0.457 e. The number of carbonyl (C=O) groups is 1. The number of aromatic nitrogens is 2. The quantitative estimate of drug-likeness (QED) is 0.784. The second-order valence-electron chi connectivity index (χ2n) is 5.90. The van der Waals surface area contributed by atoms with Crippen LogP contribution >= 0.6 is 0 Å². The molecule has 0 saturated carbocycles. The van der Waals surface area contributed by atoms with Crippen molar-refractivity contribution in [2.45, 2.75) is 12.8 Å². The lowest BCUT2D eigenvalue weighted by Crippen LogP contribution is -2.31. The average molecular weight is 322 g/mol. The van der Waals surface area contributed by atoms with Crippen LogP contribution in [0.15, 0.2) is 48.8 Å². The molecule has 122 valence electrons. The first-order chi connectivity index (χ1) is 11.7. The summed E-state index contributed by atoms with van der Waals surface area (Å²) >= 11 is 0. The van der Waals surface area contributed by atoms with Gasteiger partial charge in [0, 0.05) is 36.9 Å². The van der Waals surface area contributed by atoms with Gasteiger partial charge in [0.15, 0.2) is 0 Å². The highest BCUT2D eigenvalue weighted by Gasteiger charge is 2.20. The Labute approximate surface area is 139 Å². The van der Waals surface area contributed by atoms with Crippen LogP contribution in [0.25, 0.3) is 10.9 Å². The normalized spacial score (nSPS) is 14.2. The summed E-state index contributed by atoms with van der Waals surface area (Å²) in [5.74, 6) is 1.74. The summed E-state index contributed by atoms with van der Waals surface area (Å²) in [5, 5.41) is 0.960. The molecule has 0 spiro atoms. The number of hydrogen-bond acceptors (Lipinski definition) is 4. The molecule has 6 heteroatoms. The van der Waals surface area contributed by atoms with Gasteiger partial charge < -0.3 is 15.4 Å². The van der Waals surface area contributed by atoms with Gasteiger partial charge in [-0.1, -0.05) is 0 Å². The molecule has 1 fully saturated rings. The summed E-state index contributed by atoms with van der Waals surface area (Å²) < 4.78 is 7.52. The lowest BCUT2D eigenvalue weighted by molar-refractivity contribution is 0.211. The number of nitrogens with zero attached hydrogens (tertiary/aromatic N) is 3. The summed E-state index contributed by atoms with van der Waals surface area (Å²) in [6.45, 7) is 1.67. The van der Waals surface area contributed by atoms with E-state index in [0.717, 1.165) is 36.8 Å². The Morgan fingerprint density at radius 3 is 2.67 bits per heavy atom. The number of benzene rings is 1. The molecule has 6 nitrogen and oxygen atoms in total. The fourth-order valence-electron chi connectivity index (χ4n) is 3.04. The fraction of sp³-hybridized carbons (Fsp3) is 0.222. The van der Waals surface area contributed by atoms with Crippen LogP contribution in [-0.2, 0) is 0 Å². The number of likely N-dealkylation sites (tertiary alicyclic amines) is 1. The molecular formula is C18H18N4O2. The van der Waals surface area contributed by atoms with E-state index in [1.165, 1.54) is 0 Å². The van der Waals surface area contributed by atoms with Gasteiger partial charge in [-0.05, 0) is 43.2 Å². The van der Waals surface area contributed by atoms with Gasteiger partial charge in [-0.25, -0.2) is 9.78 Å². The Kier molecular flexibility index (Phi) is 3.57. The lowest BCUT2D eigenvalue weighted by atomic mass is 10.2. The van der Waals surface area contributed by atoms with E-state index in [1.807, 2.05) is 35.4 Å². The molecule has 0 radical (unpaired) electrons. The first-order valence-electron chi connectivity index (χ1n) is 8.00. The zero-order valence-corrected chi connectivity index (χ0v) is 13.2. The van der Waals surface area contributed by atoms with Crippen molar-refractivity contribution >= 4 is 22.8 Å². The van der Waals surface area contributed by atoms with Crippen LogP contribution in [0, 0.1) is 0 Å². The van der Waals surface area contributed by atoms with Crippen molar-refractivity contribution in [3.05, 3.63) is 48.8 Å². The molecule has 0 bridgehead atoms. The van der Waals surface area contributed by atoms with E-state index in [-0.39, 0.29) is 6.03 Å². The zero-order valence-electron chi connectivity index (χ0n) is 13.2. The SMILES string of the molecule is Nc1cc(Oc2ccc3c(ccn3C(=O)N3CCCC3)c2)ccn1. The van der Waals surface area contributed by atoms with E-state index >= 15 is 0 Å². The number of carbonyl (C=O) groups excluding carboxylic acids is 1. The minimum atomic E-state index is 0.0399. The van der Waals surface area contributed by atoms with E-state index < -0.39 is 0 Å². The van der Waals surface area contributed by atoms with E-state index in [1.54, 1.807) is 22.9 Å². The van der Waals surface area contributed by atoms with Crippen molar-refractivity contribution < 1.29 is 9.53 Å². The highest BCUT2D eigenvalue weighted by molar-refractivity contribution is 5.92. The van der Waals surface area contributed by atoms with Crippen molar-refractivity contribution in [2.75, 3.05) is 18.8 Å². The molecule has 2 aromatic heterocycles. The molecule has 0 unspecified atom stereocenters. The number of rotatable bonds is 2. The molecular weight excluding hydrogens is 304 g/mol. The van der Waals surface area contributed by atoms with E-state index in [2.05, 4.69) is 4.98 Å². The minimum absolute atomic E-state index is 0.0399. The minimum Gasteiger partial charge on any atom is -0.457 e. The predicted octanol–water partition coefficient (Wildman–Crippen LogP) is 3.47. The predicted molar refractivity (Wildman–Crippen MR) is 92.3 cm³/mol. The van der Waals surface area contributed by atoms with Crippen molar-refractivity contribution in [3.8, 4) is 11.5 Å². The fourth-order valence-corrected chi connectivity index (χ4v) is 3.04. The molecule has 1 aliphatic heterocycles. The highest BCUT2D eigenvalue weighted by Crippen LogP contribution is 2.27. The van der Waals surface area contributed by atoms with Gasteiger partial charge in [0.25, 0.3) is 0 Å². The van der Waals surface area contributed by atoms with Crippen LogP contribution in [-0.4, -0.2) is 33.6 Å². The number of pyridine rings is 1. The van der Waals surface area contributed by atoms with Crippen LogP contribution < -0.4 is 10.5 Å². The third kappa shape index (κ3) is 2.67. The maximum Gasteiger partial charge on any atom is 0.328 e. The van der Waals surface area contributed by atoms with Crippen molar-refractivity contribution in [1.82, 2.24) is 14.5 Å². The average Bonchev–Trinajstić information content (AvgIpc) is 3.24. The van der Waals surface area contributed by atoms with E-state index in [4.69, 9.17) is 10.5 Å². The molecule has 3 aromatic rings. The number of ether oxygens (including phenoxy) is 1. The summed E-state index contributed by atoms with van der Waals surface area (Å²) in [5.41, 5.74) is 6.55. The smallest absolute Gasteiger partial charge is 0.328 e. The van der Waals surface area contributed by atoms with Crippen LogP contribution in [0.2, 0.25) is 0 Å². The third-order valence-corrected chi connectivity index (χ3v) is 4.23. The molecule has 0 atom stereocenters. The van der Waals surface area contributed by atoms with Crippen LogP contribution in [0.1, 0.15) is 12.8 Å². The van der Waals surface area contributed by atoms with E-state index in [9.17, 15) is 4.79 Å². The Bertz CT molecular complexity index is 897. The third-order valence-electron chi connectivity index (χ3n) is 4.23. The number of nitrogens with two attached hydrogens (primary N) is 1. The van der Waals surface area contributed by atoms with Crippen LogP contribution in [0.3, 0.4) is 0 Å². The maximum absolute atomic E-state index is 12.6. The van der Waals surface area contributed by atoms with Gasteiger partial charge >= 0.3 is 6.03 Å². The monoisotopic (exact) mass is 322 g/mol. The summed E-state index contributed by atoms with van der Waals surface area (Å²) in [4.78, 5) is 18.4. The molecule has 3 heterocycles. The molecule has 1 aliphatic rings. The van der Waals surface area contributed by atoms with Gasteiger partial charge in [0.2, 0.25) is 0 Å². The van der Waals surface area contributed by atoms with Gasteiger partial charge in [0.1, 0.15) is 17.3 Å². The summed E-state index contributed by atoms with van der Waals surface area (Å²) in [6.07, 6.45) is 5.59. The first kappa shape index (κ1) is 14.6. The van der Waals surface area contributed by atoms with Crippen molar-refractivity contribution in [2.24, 2.45) is 0 Å².